The lowest BCUT2D eigenvalue weighted by atomic mass is 10.2. The lowest BCUT2D eigenvalue weighted by Crippen LogP contribution is -2.29. The first-order chi connectivity index (χ1) is 14.5. The van der Waals surface area contributed by atoms with E-state index in [2.05, 4.69) is 20.7 Å². The number of nitrogens with one attached hydrogen (secondary N) is 2. The molecule has 152 valence electrons. The number of halogens is 1. The molecule has 0 aliphatic rings. The van der Waals surface area contributed by atoms with E-state index in [1.54, 1.807) is 7.11 Å². The van der Waals surface area contributed by atoms with Crippen molar-refractivity contribution < 1.29 is 13.9 Å². The molecule has 4 aromatic rings. The van der Waals surface area contributed by atoms with Crippen LogP contribution in [-0.2, 0) is 6.54 Å². The Hall–Kier alpha value is -3.79. The van der Waals surface area contributed by atoms with E-state index in [0.717, 1.165) is 11.3 Å². The summed E-state index contributed by atoms with van der Waals surface area (Å²) in [5.74, 6) is 0.333. The molecule has 30 heavy (non-hydrogen) atoms. The maximum atomic E-state index is 12.9. The minimum atomic E-state index is -0.494. The number of ether oxygens (including phenoxy) is 1. The van der Waals surface area contributed by atoms with Gasteiger partial charge in [0.15, 0.2) is 0 Å². The fourth-order valence-corrected chi connectivity index (χ4v) is 3.61. The molecule has 0 saturated heterocycles. The Kier molecular flexibility index (Phi) is 5.40. The largest absolute Gasteiger partial charge is 0.497 e. The number of carbonyl (C=O) groups is 1. The van der Waals surface area contributed by atoms with E-state index in [1.807, 2.05) is 24.3 Å². The van der Waals surface area contributed by atoms with Gasteiger partial charge in [0.1, 0.15) is 16.6 Å². The Morgan fingerprint density at radius 2 is 1.90 bits per heavy atom. The van der Waals surface area contributed by atoms with Crippen molar-refractivity contribution in [3.8, 4) is 16.3 Å². The van der Waals surface area contributed by atoms with Crippen LogP contribution < -0.4 is 20.9 Å². The molecule has 2 aromatic heterocycles. The van der Waals surface area contributed by atoms with Gasteiger partial charge in [-0.3, -0.25) is 4.79 Å². The molecule has 8 nitrogen and oxygen atoms in total. The van der Waals surface area contributed by atoms with Crippen LogP contribution >= 0.6 is 11.3 Å². The zero-order valence-corrected chi connectivity index (χ0v) is 16.6. The molecular formula is C20H16FN5O3S. The maximum absolute atomic E-state index is 12.9. The van der Waals surface area contributed by atoms with Gasteiger partial charge in [0.2, 0.25) is 4.96 Å². The van der Waals surface area contributed by atoms with E-state index in [1.165, 1.54) is 46.2 Å². The smallest absolute Gasteiger partial charge is 0.319 e. The van der Waals surface area contributed by atoms with E-state index < -0.39 is 11.8 Å². The Morgan fingerprint density at radius 3 is 2.60 bits per heavy atom. The fourth-order valence-electron chi connectivity index (χ4n) is 2.68. The standard InChI is InChI=1S/C20H16FN5O3S/c1-29-16-8-2-12(3-9-16)18-25-26-17(27)10-15(24-20(26)30-18)11-22-19(28)23-14-6-4-13(21)5-7-14/h2-10H,11H2,1H3,(H2,22,23,28). The molecule has 0 fully saturated rings. The van der Waals surface area contributed by atoms with Crippen LogP contribution in [0, 0.1) is 5.82 Å². The number of hydrogen-bond donors (Lipinski definition) is 2. The van der Waals surface area contributed by atoms with E-state index in [4.69, 9.17) is 4.74 Å². The van der Waals surface area contributed by atoms with E-state index in [-0.39, 0.29) is 12.1 Å². The molecule has 0 radical (unpaired) electrons. The van der Waals surface area contributed by atoms with E-state index >= 15 is 0 Å². The molecule has 2 amide bonds. The first-order valence-corrected chi connectivity index (χ1v) is 9.68. The van der Waals surface area contributed by atoms with Gasteiger partial charge in [0.05, 0.1) is 19.3 Å². The average molecular weight is 425 g/mol. The number of nitrogens with zero attached hydrogens (tertiary/aromatic N) is 3. The predicted molar refractivity (Wildman–Crippen MR) is 111 cm³/mol. The summed E-state index contributed by atoms with van der Waals surface area (Å²) in [7, 11) is 1.59. The fraction of sp³-hybridized carbons (Fsp3) is 0.100. The molecule has 2 aromatic carbocycles. The second-order valence-corrected chi connectivity index (χ2v) is 7.19. The first kappa shape index (κ1) is 19.5. The van der Waals surface area contributed by atoms with Gasteiger partial charge < -0.3 is 15.4 Å². The van der Waals surface area contributed by atoms with Crippen LogP contribution in [0.5, 0.6) is 5.75 Å². The van der Waals surface area contributed by atoms with Crippen molar-refractivity contribution in [2.24, 2.45) is 0 Å². The number of amides is 2. The van der Waals surface area contributed by atoms with Crippen molar-refractivity contribution in [3.05, 3.63) is 76.5 Å². The van der Waals surface area contributed by atoms with Crippen LogP contribution in [0.4, 0.5) is 14.9 Å². The normalized spacial score (nSPS) is 10.7. The molecule has 4 rings (SSSR count). The summed E-state index contributed by atoms with van der Waals surface area (Å²) in [6, 6.07) is 13.5. The van der Waals surface area contributed by atoms with Crippen LogP contribution in [0.15, 0.2) is 59.4 Å². The molecule has 0 saturated carbocycles. The molecule has 0 spiro atoms. The van der Waals surface area contributed by atoms with Crippen molar-refractivity contribution in [1.29, 1.82) is 0 Å². The minimum Gasteiger partial charge on any atom is -0.497 e. The summed E-state index contributed by atoms with van der Waals surface area (Å²) in [6.45, 7) is 0.0501. The Bertz CT molecular complexity index is 1250. The summed E-state index contributed by atoms with van der Waals surface area (Å²) in [6.07, 6.45) is 0. The average Bonchev–Trinajstić information content (AvgIpc) is 3.19. The number of hydrogen-bond acceptors (Lipinski definition) is 6. The summed E-state index contributed by atoms with van der Waals surface area (Å²) in [5, 5.41) is 10.2. The molecule has 10 heteroatoms. The van der Waals surface area contributed by atoms with Crippen LogP contribution in [-0.4, -0.2) is 27.7 Å². The van der Waals surface area contributed by atoms with Crippen LogP contribution in [0.3, 0.4) is 0 Å². The summed E-state index contributed by atoms with van der Waals surface area (Å²) < 4.78 is 19.3. The quantitative estimate of drug-likeness (QED) is 0.511. The summed E-state index contributed by atoms with van der Waals surface area (Å²) in [5.41, 5.74) is 1.35. The van der Waals surface area contributed by atoms with E-state index in [0.29, 0.717) is 21.3 Å². The van der Waals surface area contributed by atoms with Crippen molar-refractivity contribution >= 4 is 28.0 Å². The van der Waals surface area contributed by atoms with Gasteiger partial charge in [-0.1, -0.05) is 11.3 Å². The van der Waals surface area contributed by atoms with Crippen molar-refractivity contribution in [2.75, 3.05) is 12.4 Å². The minimum absolute atomic E-state index is 0.0501. The van der Waals surface area contributed by atoms with Gasteiger partial charge in [0.25, 0.3) is 5.56 Å². The third-order valence-corrected chi connectivity index (χ3v) is 5.12. The highest BCUT2D eigenvalue weighted by molar-refractivity contribution is 7.19. The van der Waals surface area contributed by atoms with Crippen molar-refractivity contribution in [3.63, 3.8) is 0 Å². The molecule has 0 bridgehead atoms. The molecule has 0 aliphatic heterocycles. The molecule has 0 atom stereocenters. The van der Waals surface area contributed by atoms with Gasteiger partial charge in [0, 0.05) is 17.3 Å². The Balaban J connectivity index is 1.48. The predicted octanol–water partition coefficient (Wildman–Crippen LogP) is 3.29. The van der Waals surface area contributed by atoms with Crippen molar-refractivity contribution in [1.82, 2.24) is 19.9 Å². The number of aromatic nitrogens is 3. The Morgan fingerprint density at radius 1 is 1.17 bits per heavy atom. The van der Waals surface area contributed by atoms with Crippen LogP contribution in [0.2, 0.25) is 0 Å². The molecule has 0 unspecified atom stereocenters. The molecule has 0 aliphatic carbocycles. The third kappa shape index (κ3) is 4.28. The van der Waals surface area contributed by atoms with Gasteiger partial charge in [-0.05, 0) is 48.5 Å². The number of carbonyl (C=O) groups excluding carboxylic acids is 1. The SMILES string of the molecule is COc1ccc(-c2nn3c(=O)cc(CNC(=O)Nc4ccc(F)cc4)nc3s2)cc1. The number of fused-ring (bicyclic) bond motifs is 1. The zero-order chi connectivity index (χ0) is 21.1. The van der Waals surface area contributed by atoms with Crippen LogP contribution in [0.1, 0.15) is 5.69 Å². The van der Waals surface area contributed by atoms with E-state index in [9.17, 15) is 14.0 Å². The lowest BCUT2D eigenvalue weighted by Gasteiger charge is -2.07. The first-order valence-electron chi connectivity index (χ1n) is 8.86. The highest BCUT2D eigenvalue weighted by Crippen LogP contribution is 2.26. The summed E-state index contributed by atoms with van der Waals surface area (Å²) in [4.78, 5) is 29.2. The topological polar surface area (TPSA) is 97.6 Å². The second-order valence-electron chi connectivity index (χ2n) is 6.23. The number of urea groups is 1. The zero-order valence-electron chi connectivity index (χ0n) is 15.8. The van der Waals surface area contributed by atoms with Crippen LogP contribution in [0.25, 0.3) is 15.5 Å². The highest BCUT2D eigenvalue weighted by atomic mass is 32.1. The number of anilines is 1. The monoisotopic (exact) mass is 425 g/mol. The van der Waals surface area contributed by atoms with Gasteiger partial charge in [-0.25, -0.2) is 14.2 Å². The van der Waals surface area contributed by atoms with Gasteiger partial charge >= 0.3 is 6.03 Å². The number of benzene rings is 2. The molecule has 2 heterocycles. The Labute approximate surface area is 174 Å². The lowest BCUT2D eigenvalue weighted by molar-refractivity contribution is 0.251. The summed E-state index contributed by atoms with van der Waals surface area (Å²) >= 11 is 1.27. The highest BCUT2D eigenvalue weighted by Gasteiger charge is 2.11. The number of rotatable bonds is 5. The van der Waals surface area contributed by atoms with Gasteiger partial charge in [-0.15, -0.1) is 0 Å². The molecular weight excluding hydrogens is 409 g/mol. The van der Waals surface area contributed by atoms with Gasteiger partial charge in [-0.2, -0.15) is 9.61 Å². The number of methoxy groups -OCH3 is 1. The van der Waals surface area contributed by atoms with Crippen molar-refractivity contribution in [2.45, 2.75) is 6.54 Å². The third-order valence-electron chi connectivity index (χ3n) is 4.17. The maximum Gasteiger partial charge on any atom is 0.319 e. The second kappa shape index (κ2) is 8.29. The molecule has 2 N–H and O–H groups in total.